The van der Waals surface area contributed by atoms with E-state index >= 15 is 0 Å². The van der Waals surface area contributed by atoms with Gasteiger partial charge >= 0.3 is 6.09 Å². The van der Waals surface area contributed by atoms with Gasteiger partial charge in [0.15, 0.2) is 0 Å². The first-order valence-corrected chi connectivity index (χ1v) is 8.40. The number of pyridine rings is 1. The SMILES string of the molecule is CC(C)(C)OC(=O)Nc1ccncc1CNC(=O)c1ccc(Cl)s1. The number of carbonyl (C=O) groups excluding carboxylic acids is 2. The maximum absolute atomic E-state index is 12.1. The summed E-state index contributed by atoms with van der Waals surface area (Å²) in [6, 6.07) is 4.97. The average Bonchev–Trinajstić information content (AvgIpc) is 2.90. The molecule has 2 amide bonds. The highest BCUT2D eigenvalue weighted by atomic mass is 35.5. The van der Waals surface area contributed by atoms with Gasteiger partial charge in [-0.1, -0.05) is 11.6 Å². The number of carbonyl (C=O) groups is 2. The lowest BCUT2D eigenvalue weighted by molar-refractivity contribution is 0.0635. The Balaban J connectivity index is 2.01. The second-order valence-electron chi connectivity index (χ2n) is 5.95. The Morgan fingerprint density at radius 1 is 1.29 bits per heavy atom. The molecule has 0 spiro atoms. The van der Waals surface area contributed by atoms with Crippen LogP contribution in [0.25, 0.3) is 0 Å². The van der Waals surface area contributed by atoms with Gasteiger partial charge in [0, 0.05) is 24.5 Å². The summed E-state index contributed by atoms with van der Waals surface area (Å²) in [6.45, 7) is 5.57. The molecule has 0 saturated heterocycles. The number of nitrogens with zero attached hydrogens (tertiary/aromatic N) is 1. The Hall–Kier alpha value is -2.12. The highest BCUT2D eigenvalue weighted by Gasteiger charge is 2.17. The maximum Gasteiger partial charge on any atom is 0.412 e. The fraction of sp³-hybridized carbons (Fsp3) is 0.312. The number of hydrogen-bond donors (Lipinski definition) is 2. The third kappa shape index (κ3) is 5.50. The summed E-state index contributed by atoms with van der Waals surface area (Å²) >= 11 is 7.02. The van der Waals surface area contributed by atoms with E-state index in [0.717, 1.165) is 0 Å². The van der Waals surface area contributed by atoms with E-state index in [0.29, 0.717) is 20.5 Å². The van der Waals surface area contributed by atoms with Crippen molar-refractivity contribution in [2.75, 3.05) is 5.32 Å². The van der Waals surface area contributed by atoms with Crippen LogP contribution in [0, 0.1) is 0 Å². The van der Waals surface area contributed by atoms with Crippen LogP contribution < -0.4 is 10.6 Å². The average molecular weight is 368 g/mol. The number of rotatable bonds is 4. The molecule has 0 aliphatic rings. The monoisotopic (exact) mass is 367 g/mol. The van der Waals surface area contributed by atoms with E-state index in [2.05, 4.69) is 15.6 Å². The summed E-state index contributed by atoms with van der Waals surface area (Å²) in [5.74, 6) is -0.237. The molecule has 0 unspecified atom stereocenters. The van der Waals surface area contributed by atoms with Gasteiger partial charge in [-0.3, -0.25) is 15.1 Å². The predicted octanol–water partition coefficient (Wildman–Crippen LogP) is 4.07. The van der Waals surface area contributed by atoms with Crippen molar-refractivity contribution in [1.82, 2.24) is 10.3 Å². The Morgan fingerprint density at radius 2 is 2.04 bits per heavy atom. The largest absolute Gasteiger partial charge is 0.444 e. The van der Waals surface area contributed by atoms with Gasteiger partial charge in [0.05, 0.1) is 14.9 Å². The minimum absolute atomic E-state index is 0.216. The Morgan fingerprint density at radius 3 is 2.67 bits per heavy atom. The Bertz CT molecular complexity index is 740. The second kappa shape index (κ2) is 7.63. The van der Waals surface area contributed by atoms with Crippen molar-refractivity contribution >= 4 is 40.6 Å². The molecule has 2 aromatic heterocycles. The van der Waals surface area contributed by atoms with E-state index in [4.69, 9.17) is 16.3 Å². The lowest BCUT2D eigenvalue weighted by Gasteiger charge is -2.20. The number of halogens is 1. The number of anilines is 1. The topological polar surface area (TPSA) is 80.3 Å². The van der Waals surface area contributed by atoms with Crippen LogP contribution >= 0.6 is 22.9 Å². The van der Waals surface area contributed by atoms with E-state index in [1.165, 1.54) is 11.3 Å². The summed E-state index contributed by atoms with van der Waals surface area (Å²) in [7, 11) is 0. The van der Waals surface area contributed by atoms with Crippen LogP contribution in [-0.2, 0) is 11.3 Å². The second-order valence-corrected chi connectivity index (χ2v) is 7.66. The van der Waals surface area contributed by atoms with Crippen LogP contribution in [-0.4, -0.2) is 22.6 Å². The van der Waals surface area contributed by atoms with Gasteiger partial charge in [0.2, 0.25) is 0 Å². The van der Waals surface area contributed by atoms with Crippen LogP contribution in [0.4, 0.5) is 10.5 Å². The van der Waals surface area contributed by atoms with Crippen molar-refractivity contribution < 1.29 is 14.3 Å². The summed E-state index contributed by atoms with van der Waals surface area (Å²) in [4.78, 5) is 28.5. The molecule has 2 heterocycles. The molecule has 0 saturated carbocycles. The number of amides is 2. The van der Waals surface area contributed by atoms with Crippen molar-refractivity contribution in [3.63, 3.8) is 0 Å². The standard InChI is InChI=1S/C16H18ClN3O3S/c1-16(2,3)23-15(22)20-11-6-7-18-8-10(11)9-19-14(21)12-4-5-13(17)24-12/h4-8H,9H2,1-3H3,(H,19,21)(H,18,20,22). The van der Waals surface area contributed by atoms with Gasteiger partial charge in [0.1, 0.15) is 5.60 Å². The number of nitrogens with one attached hydrogen (secondary N) is 2. The normalized spacial score (nSPS) is 11.0. The van der Waals surface area contributed by atoms with E-state index in [1.54, 1.807) is 51.4 Å². The molecule has 128 valence electrons. The Kier molecular flexibility index (Phi) is 5.80. The van der Waals surface area contributed by atoms with Gasteiger partial charge in [-0.05, 0) is 39.0 Å². The fourth-order valence-electron chi connectivity index (χ4n) is 1.80. The molecule has 0 bridgehead atoms. The van der Waals surface area contributed by atoms with Crippen LogP contribution in [0.2, 0.25) is 4.34 Å². The molecule has 8 heteroatoms. The van der Waals surface area contributed by atoms with Crippen LogP contribution in [0.3, 0.4) is 0 Å². The van der Waals surface area contributed by atoms with Crippen molar-refractivity contribution in [3.8, 4) is 0 Å². The van der Waals surface area contributed by atoms with Gasteiger partial charge in [-0.2, -0.15) is 0 Å². The molecule has 2 rings (SSSR count). The van der Waals surface area contributed by atoms with Crippen LogP contribution in [0.1, 0.15) is 36.0 Å². The number of thiophene rings is 1. The quantitative estimate of drug-likeness (QED) is 0.853. The maximum atomic E-state index is 12.1. The molecule has 0 fully saturated rings. The fourth-order valence-corrected chi connectivity index (χ4v) is 2.76. The molecule has 0 atom stereocenters. The van der Waals surface area contributed by atoms with Crippen molar-refractivity contribution in [3.05, 3.63) is 45.4 Å². The third-order valence-corrected chi connectivity index (χ3v) is 4.01. The van der Waals surface area contributed by atoms with Crippen molar-refractivity contribution in [2.24, 2.45) is 0 Å². The van der Waals surface area contributed by atoms with E-state index in [-0.39, 0.29) is 12.5 Å². The highest BCUT2D eigenvalue weighted by molar-refractivity contribution is 7.17. The predicted molar refractivity (Wildman–Crippen MR) is 94.6 cm³/mol. The molecule has 0 aromatic carbocycles. The smallest absolute Gasteiger partial charge is 0.412 e. The molecule has 0 aliphatic carbocycles. The van der Waals surface area contributed by atoms with Crippen LogP contribution in [0.5, 0.6) is 0 Å². The minimum Gasteiger partial charge on any atom is -0.444 e. The Labute approximate surface area is 149 Å². The number of aromatic nitrogens is 1. The molecule has 24 heavy (non-hydrogen) atoms. The highest BCUT2D eigenvalue weighted by Crippen LogP contribution is 2.21. The molecule has 2 aromatic rings. The van der Waals surface area contributed by atoms with Gasteiger partial charge < -0.3 is 10.1 Å². The van der Waals surface area contributed by atoms with Gasteiger partial charge in [-0.25, -0.2) is 4.79 Å². The summed E-state index contributed by atoms with van der Waals surface area (Å²) in [6.07, 6.45) is 2.57. The minimum atomic E-state index is -0.593. The zero-order valence-corrected chi connectivity index (χ0v) is 15.1. The summed E-state index contributed by atoms with van der Waals surface area (Å²) < 4.78 is 5.77. The molecule has 0 aliphatic heterocycles. The lowest BCUT2D eigenvalue weighted by Crippen LogP contribution is -2.28. The van der Waals surface area contributed by atoms with Crippen molar-refractivity contribution in [1.29, 1.82) is 0 Å². The van der Waals surface area contributed by atoms with Gasteiger partial charge in [0.25, 0.3) is 5.91 Å². The summed E-state index contributed by atoms with van der Waals surface area (Å²) in [5.41, 5.74) is 0.604. The molecule has 6 nitrogen and oxygen atoms in total. The summed E-state index contributed by atoms with van der Waals surface area (Å²) in [5, 5.41) is 5.43. The first-order chi connectivity index (χ1) is 11.2. The van der Waals surface area contributed by atoms with E-state index < -0.39 is 11.7 Å². The van der Waals surface area contributed by atoms with Crippen LogP contribution in [0.15, 0.2) is 30.6 Å². The number of hydrogen-bond acceptors (Lipinski definition) is 5. The number of ether oxygens (including phenoxy) is 1. The molecule has 2 N–H and O–H groups in total. The lowest BCUT2D eigenvalue weighted by atomic mass is 10.2. The first kappa shape index (κ1) is 18.2. The first-order valence-electron chi connectivity index (χ1n) is 7.21. The zero-order chi connectivity index (χ0) is 17.7. The molecule has 0 radical (unpaired) electrons. The molecular formula is C16H18ClN3O3S. The van der Waals surface area contributed by atoms with E-state index in [9.17, 15) is 9.59 Å². The molecular weight excluding hydrogens is 350 g/mol. The third-order valence-electron chi connectivity index (χ3n) is 2.78. The zero-order valence-electron chi connectivity index (χ0n) is 13.6. The van der Waals surface area contributed by atoms with E-state index in [1.807, 2.05) is 0 Å². The van der Waals surface area contributed by atoms with Gasteiger partial charge in [-0.15, -0.1) is 11.3 Å². The van der Waals surface area contributed by atoms with Crippen molar-refractivity contribution in [2.45, 2.75) is 32.9 Å².